The molecule has 218 valence electrons. The van der Waals surface area contributed by atoms with E-state index in [1.165, 1.54) is 35.5 Å². The van der Waals surface area contributed by atoms with Crippen LogP contribution in [0.3, 0.4) is 0 Å². The van der Waals surface area contributed by atoms with Gasteiger partial charge in [0.1, 0.15) is 11.2 Å². The van der Waals surface area contributed by atoms with Crippen molar-refractivity contribution in [3.05, 3.63) is 81.1 Å². The van der Waals surface area contributed by atoms with E-state index < -0.39 is 23.4 Å². The van der Waals surface area contributed by atoms with Crippen molar-refractivity contribution >= 4 is 55.8 Å². The Morgan fingerprint density at radius 3 is 1.31 bits per heavy atom. The fourth-order valence-corrected chi connectivity index (χ4v) is 5.29. The minimum absolute atomic E-state index is 0.120. The molecule has 0 N–H and O–H groups in total. The average molecular weight is 573 g/mol. The molecule has 2 aromatic heterocycles. The molecule has 0 aliphatic rings. The molecule has 0 spiro atoms. The Bertz CT molecular complexity index is 1860. The first kappa shape index (κ1) is 29.0. The van der Waals surface area contributed by atoms with Gasteiger partial charge in [-0.1, -0.05) is 24.3 Å². The van der Waals surface area contributed by atoms with Crippen molar-refractivity contribution < 1.29 is 28.5 Å². The highest BCUT2D eigenvalue weighted by molar-refractivity contribution is 6.09. The largest absolute Gasteiger partial charge is 0.440 e. The Balaban J connectivity index is 1.90. The van der Waals surface area contributed by atoms with E-state index in [0.29, 0.717) is 11.0 Å². The molecule has 0 atom stereocenters. The summed E-state index contributed by atoms with van der Waals surface area (Å²) < 4.78 is 24.6. The highest BCUT2D eigenvalue weighted by atomic mass is 16.6. The summed E-state index contributed by atoms with van der Waals surface area (Å²) in [5.74, 6) is 0. The van der Waals surface area contributed by atoms with Gasteiger partial charge in [0, 0.05) is 35.8 Å². The first-order chi connectivity index (χ1) is 19.9. The molecule has 0 fully saturated rings. The summed E-state index contributed by atoms with van der Waals surface area (Å²) in [5, 5.41) is 0.777. The third kappa shape index (κ3) is 5.03. The van der Waals surface area contributed by atoms with Crippen LogP contribution in [0.15, 0.2) is 70.3 Å². The van der Waals surface area contributed by atoms with Crippen LogP contribution in [-0.2, 0) is 18.9 Å². The summed E-state index contributed by atoms with van der Waals surface area (Å²) in [4.78, 5) is 55.1. The molecule has 0 unspecified atom stereocenters. The molecule has 0 radical (unpaired) electrons. The van der Waals surface area contributed by atoms with E-state index in [0.717, 1.165) is 0 Å². The Kier molecular flexibility index (Phi) is 7.38. The number of benzene rings is 3. The number of para-hydroxylation sites is 2. The summed E-state index contributed by atoms with van der Waals surface area (Å²) in [5.41, 5.74) is -1.76. The van der Waals surface area contributed by atoms with E-state index in [1.807, 2.05) is 0 Å². The number of hydrogen-bond acceptors (Lipinski definition) is 8. The molecule has 0 aliphatic carbocycles. The minimum atomic E-state index is -0.985. The highest BCUT2D eigenvalue weighted by Crippen LogP contribution is 2.28. The number of pyridine rings is 2. The zero-order valence-corrected chi connectivity index (χ0v) is 24.3. The lowest BCUT2D eigenvalue weighted by atomic mass is 10.0. The van der Waals surface area contributed by atoms with E-state index in [9.17, 15) is 19.2 Å². The van der Waals surface area contributed by atoms with Gasteiger partial charge in [-0.3, -0.25) is 9.59 Å². The van der Waals surface area contributed by atoms with Gasteiger partial charge in [-0.15, -0.1) is 0 Å². The number of aromatic nitrogens is 2. The first-order valence-corrected chi connectivity index (χ1v) is 13.4. The van der Waals surface area contributed by atoms with Crippen molar-refractivity contribution in [1.29, 1.82) is 0 Å². The van der Waals surface area contributed by atoms with Crippen molar-refractivity contribution in [2.24, 2.45) is 0 Å². The molecular weight excluding hydrogens is 540 g/mol. The Morgan fingerprint density at radius 1 is 0.595 bits per heavy atom. The summed E-state index contributed by atoms with van der Waals surface area (Å²) >= 11 is 0. The minimum Gasteiger partial charge on any atom is -0.440 e. The van der Waals surface area contributed by atoms with Gasteiger partial charge in [-0.2, -0.15) is 0 Å². The number of ether oxygens (including phenoxy) is 4. The zero-order valence-electron chi connectivity index (χ0n) is 24.3. The second kappa shape index (κ2) is 10.7. The lowest BCUT2D eigenvalue weighted by molar-refractivity contribution is -0.0176. The zero-order chi connectivity index (χ0) is 30.4. The van der Waals surface area contributed by atoms with E-state index in [4.69, 9.17) is 18.9 Å². The van der Waals surface area contributed by atoms with Crippen LogP contribution >= 0.6 is 0 Å². The van der Waals surface area contributed by atoms with Crippen LogP contribution in [0.25, 0.3) is 43.6 Å². The van der Waals surface area contributed by atoms with Crippen LogP contribution in [0.5, 0.6) is 0 Å². The lowest BCUT2D eigenvalue weighted by Crippen LogP contribution is -2.35. The predicted molar refractivity (Wildman–Crippen MR) is 161 cm³/mol. The number of fused-ring (bicyclic) bond motifs is 4. The Morgan fingerprint density at radius 2 is 0.952 bits per heavy atom. The number of rotatable bonds is 6. The van der Waals surface area contributed by atoms with Gasteiger partial charge in [0.2, 0.25) is 0 Å². The SMILES string of the molecule is COCC(C)(C)OC(=O)n1c2ccccc2c(=O)c2cc3c(cc21)c(=O)c1ccccc1n3C(=O)OC(C)(C)COC. The van der Waals surface area contributed by atoms with Gasteiger partial charge in [0.15, 0.2) is 10.9 Å². The summed E-state index contributed by atoms with van der Waals surface area (Å²) in [7, 11) is 3.01. The maximum Gasteiger partial charge on any atom is 0.419 e. The van der Waals surface area contributed by atoms with Gasteiger partial charge in [-0.25, -0.2) is 18.7 Å². The summed E-state index contributed by atoms with van der Waals surface area (Å²) in [6.45, 7) is 7.10. The third-order valence-corrected chi connectivity index (χ3v) is 6.94. The van der Waals surface area contributed by atoms with Gasteiger partial charge >= 0.3 is 12.2 Å². The topological polar surface area (TPSA) is 115 Å². The van der Waals surface area contributed by atoms with Gasteiger partial charge in [0.25, 0.3) is 0 Å². The van der Waals surface area contributed by atoms with E-state index >= 15 is 0 Å². The number of carbonyl (C=O) groups excluding carboxylic acids is 2. The number of nitrogens with zero attached hydrogens (tertiary/aromatic N) is 2. The Labute approximate surface area is 240 Å². The second-order valence-corrected chi connectivity index (χ2v) is 11.4. The van der Waals surface area contributed by atoms with E-state index in [2.05, 4.69) is 0 Å². The fraction of sp³-hybridized carbons (Fsp3) is 0.312. The van der Waals surface area contributed by atoms with Crippen molar-refractivity contribution in [3.63, 3.8) is 0 Å². The van der Waals surface area contributed by atoms with Gasteiger partial charge < -0.3 is 18.9 Å². The third-order valence-electron chi connectivity index (χ3n) is 6.94. The number of carbonyl (C=O) groups is 2. The van der Waals surface area contributed by atoms with Crippen molar-refractivity contribution in [3.8, 4) is 0 Å². The monoisotopic (exact) mass is 572 g/mol. The highest BCUT2D eigenvalue weighted by Gasteiger charge is 2.29. The van der Waals surface area contributed by atoms with Crippen LogP contribution in [0.1, 0.15) is 27.7 Å². The maximum atomic E-state index is 13.8. The molecule has 0 bridgehead atoms. The molecule has 0 saturated heterocycles. The van der Waals surface area contributed by atoms with Gasteiger partial charge in [-0.05, 0) is 64.1 Å². The Hall–Kier alpha value is -4.54. The molecule has 0 saturated carbocycles. The predicted octanol–water partition coefficient (Wildman–Crippen LogP) is 5.44. The quantitative estimate of drug-likeness (QED) is 0.247. The fourth-order valence-electron chi connectivity index (χ4n) is 5.29. The molecule has 42 heavy (non-hydrogen) atoms. The van der Waals surface area contributed by atoms with Crippen LogP contribution in [0.2, 0.25) is 0 Å². The molecule has 0 aliphatic heterocycles. The van der Waals surface area contributed by atoms with Gasteiger partial charge in [0.05, 0.1) is 35.3 Å². The molecular formula is C32H32N2O8. The summed E-state index contributed by atoms with van der Waals surface area (Å²) in [6.07, 6.45) is -1.50. The molecule has 5 rings (SSSR count). The average Bonchev–Trinajstić information content (AvgIpc) is 2.92. The maximum absolute atomic E-state index is 13.8. The number of methoxy groups -OCH3 is 2. The molecule has 10 nitrogen and oxygen atoms in total. The first-order valence-electron chi connectivity index (χ1n) is 13.4. The number of hydrogen-bond donors (Lipinski definition) is 0. The van der Waals surface area contributed by atoms with E-state index in [-0.39, 0.29) is 56.6 Å². The van der Waals surface area contributed by atoms with Crippen molar-refractivity contribution in [2.45, 2.75) is 38.9 Å². The second-order valence-electron chi connectivity index (χ2n) is 11.4. The smallest absolute Gasteiger partial charge is 0.419 e. The summed E-state index contributed by atoms with van der Waals surface area (Å²) in [6, 6.07) is 16.2. The molecule has 5 aromatic rings. The van der Waals surface area contributed by atoms with Crippen molar-refractivity contribution in [2.75, 3.05) is 27.4 Å². The normalized spacial score (nSPS) is 12.3. The van der Waals surface area contributed by atoms with Crippen LogP contribution < -0.4 is 10.9 Å². The standard InChI is InChI=1S/C32H32N2O8/c1-31(2,17-39-5)41-29(37)33-23-13-9-7-11-19(23)27(35)21-16-26-22(15-25(21)33)28(36)20-12-8-10-14-24(20)34(26)30(38)42-32(3,4)18-40-6/h7-16H,17-18H2,1-6H3. The molecule has 0 amide bonds. The molecule has 10 heteroatoms. The van der Waals surface area contributed by atoms with Crippen LogP contribution in [0.4, 0.5) is 9.59 Å². The molecule has 2 heterocycles. The van der Waals surface area contributed by atoms with Crippen molar-refractivity contribution in [1.82, 2.24) is 9.13 Å². The van der Waals surface area contributed by atoms with Crippen LogP contribution in [-0.4, -0.2) is 60.0 Å². The lowest BCUT2D eigenvalue weighted by Gasteiger charge is -2.26. The molecule has 3 aromatic carbocycles. The van der Waals surface area contributed by atoms with E-state index in [1.54, 1.807) is 76.2 Å². The van der Waals surface area contributed by atoms with Crippen LogP contribution in [0, 0.1) is 0 Å².